The fourth-order valence-electron chi connectivity index (χ4n) is 3.44. The molecule has 0 bridgehead atoms. The van der Waals surface area contributed by atoms with Gasteiger partial charge < -0.3 is 9.88 Å². The molecule has 5 heterocycles. The van der Waals surface area contributed by atoms with E-state index in [-0.39, 0.29) is 5.91 Å². The van der Waals surface area contributed by atoms with Crippen molar-refractivity contribution in [2.75, 3.05) is 13.6 Å². The topological polar surface area (TPSA) is 126 Å². The number of nitrogens with zero attached hydrogens (tertiary/aromatic N) is 8. The number of carbonyl (C=O) groups is 1. The van der Waals surface area contributed by atoms with E-state index >= 15 is 0 Å². The van der Waals surface area contributed by atoms with Crippen molar-refractivity contribution in [2.45, 2.75) is 26.4 Å². The average Bonchev–Trinajstić information content (AvgIpc) is 3.49. The van der Waals surface area contributed by atoms with E-state index in [1.165, 1.54) is 0 Å². The van der Waals surface area contributed by atoms with Crippen molar-refractivity contribution in [3.63, 3.8) is 0 Å². The second-order valence-corrected chi connectivity index (χ2v) is 7.08. The van der Waals surface area contributed by atoms with E-state index in [2.05, 4.69) is 25.3 Å². The summed E-state index contributed by atoms with van der Waals surface area (Å²) in [6, 6.07) is 1.79. The van der Waals surface area contributed by atoms with Crippen molar-refractivity contribution < 1.29 is 4.79 Å². The van der Waals surface area contributed by atoms with Gasteiger partial charge in [0.05, 0.1) is 24.6 Å². The molecule has 1 aliphatic rings. The predicted octanol–water partition coefficient (Wildman–Crippen LogP) is 0.892. The van der Waals surface area contributed by atoms with Gasteiger partial charge in [-0.2, -0.15) is 15.3 Å². The summed E-state index contributed by atoms with van der Waals surface area (Å²) >= 11 is 0. The molecule has 0 saturated heterocycles. The van der Waals surface area contributed by atoms with Gasteiger partial charge >= 0.3 is 0 Å². The maximum absolute atomic E-state index is 12.5. The molecule has 0 radical (unpaired) electrons. The summed E-state index contributed by atoms with van der Waals surface area (Å²) in [4.78, 5) is 26.1. The molecule has 0 aliphatic carbocycles. The van der Waals surface area contributed by atoms with Crippen molar-refractivity contribution in [2.24, 2.45) is 0 Å². The summed E-state index contributed by atoms with van der Waals surface area (Å²) in [5.74, 6) is 1.16. The summed E-state index contributed by atoms with van der Waals surface area (Å²) in [5.41, 5.74) is 3.94. The summed E-state index contributed by atoms with van der Waals surface area (Å²) in [7, 11) is 1.80. The Morgan fingerprint density at radius 3 is 2.86 bits per heavy atom. The van der Waals surface area contributed by atoms with Crippen molar-refractivity contribution in [3.05, 3.63) is 41.9 Å². The third kappa shape index (κ3) is 3.00. The molecule has 1 aliphatic heterocycles. The summed E-state index contributed by atoms with van der Waals surface area (Å²) in [5, 5.41) is 16.3. The first-order valence-corrected chi connectivity index (χ1v) is 9.36. The molecule has 0 unspecified atom stereocenters. The molecule has 29 heavy (non-hydrogen) atoms. The van der Waals surface area contributed by atoms with Crippen molar-refractivity contribution in [1.82, 2.24) is 49.6 Å². The van der Waals surface area contributed by atoms with E-state index in [4.69, 9.17) is 10.1 Å². The first-order valence-electron chi connectivity index (χ1n) is 9.36. The van der Waals surface area contributed by atoms with E-state index in [0.29, 0.717) is 42.7 Å². The van der Waals surface area contributed by atoms with Gasteiger partial charge in [0.2, 0.25) is 0 Å². The summed E-state index contributed by atoms with van der Waals surface area (Å²) in [6.45, 7) is 3.82. The van der Waals surface area contributed by atoms with Crippen LogP contribution in [0, 0.1) is 6.92 Å². The molecular weight excluding hydrogens is 372 g/mol. The third-order valence-corrected chi connectivity index (χ3v) is 5.11. The van der Waals surface area contributed by atoms with Gasteiger partial charge in [0, 0.05) is 50.2 Å². The van der Waals surface area contributed by atoms with Crippen LogP contribution in [0.3, 0.4) is 0 Å². The first-order chi connectivity index (χ1) is 14.1. The molecule has 11 heteroatoms. The lowest BCUT2D eigenvalue weighted by atomic mass is 10.2. The van der Waals surface area contributed by atoms with Crippen LogP contribution in [-0.2, 0) is 19.5 Å². The number of amides is 1. The molecule has 0 spiro atoms. The zero-order valence-electron chi connectivity index (χ0n) is 16.1. The summed E-state index contributed by atoms with van der Waals surface area (Å²) < 4.78 is 3.57. The van der Waals surface area contributed by atoms with Crippen LogP contribution in [0.25, 0.3) is 22.9 Å². The Morgan fingerprint density at radius 2 is 2.10 bits per heavy atom. The van der Waals surface area contributed by atoms with E-state index in [0.717, 1.165) is 23.4 Å². The molecule has 11 nitrogen and oxygen atoms in total. The van der Waals surface area contributed by atoms with Gasteiger partial charge in [0.25, 0.3) is 5.91 Å². The maximum atomic E-state index is 12.5. The Morgan fingerprint density at radius 1 is 1.21 bits per heavy atom. The lowest BCUT2D eigenvalue weighted by molar-refractivity contribution is 0.0743. The van der Waals surface area contributed by atoms with Crippen molar-refractivity contribution in [3.8, 4) is 22.9 Å². The van der Waals surface area contributed by atoms with Gasteiger partial charge in [-0.25, -0.2) is 14.6 Å². The van der Waals surface area contributed by atoms with Crippen LogP contribution >= 0.6 is 0 Å². The van der Waals surface area contributed by atoms with E-state index in [9.17, 15) is 4.79 Å². The van der Waals surface area contributed by atoms with E-state index in [1.54, 1.807) is 41.4 Å². The van der Waals surface area contributed by atoms with Gasteiger partial charge in [-0.05, 0) is 6.92 Å². The average molecular weight is 392 g/mol. The number of H-pyrrole nitrogens is 2. The normalized spacial score (nSPS) is 13.9. The molecule has 1 amide bonds. The number of rotatable bonds is 5. The number of carbonyl (C=O) groups excluding carboxylic acids is 1. The Kier molecular flexibility index (Phi) is 4.00. The zero-order valence-corrected chi connectivity index (χ0v) is 16.1. The number of aromatic amines is 2. The van der Waals surface area contributed by atoms with Crippen LogP contribution in [0.15, 0.2) is 24.8 Å². The van der Waals surface area contributed by atoms with Gasteiger partial charge in [-0.15, -0.1) is 0 Å². The Labute approximate surface area is 165 Å². The number of nitrogens with one attached hydrogen (secondary N) is 2. The van der Waals surface area contributed by atoms with Crippen LogP contribution in [0.5, 0.6) is 0 Å². The molecule has 0 saturated carbocycles. The van der Waals surface area contributed by atoms with E-state index in [1.807, 2.05) is 11.6 Å². The maximum Gasteiger partial charge on any atom is 0.271 e. The predicted molar refractivity (Wildman–Crippen MR) is 103 cm³/mol. The number of aromatic nitrogens is 9. The lowest BCUT2D eigenvalue weighted by Crippen LogP contribution is -2.37. The van der Waals surface area contributed by atoms with Crippen LogP contribution in [0.2, 0.25) is 0 Å². The molecule has 0 aromatic carbocycles. The van der Waals surface area contributed by atoms with Crippen LogP contribution in [0.1, 0.15) is 21.9 Å². The minimum atomic E-state index is -0.0376. The van der Waals surface area contributed by atoms with Gasteiger partial charge in [-0.1, -0.05) is 0 Å². The first kappa shape index (κ1) is 17.3. The number of hydrogen-bond donors (Lipinski definition) is 2. The molecule has 4 aromatic heterocycles. The van der Waals surface area contributed by atoms with Gasteiger partial charge in [-0.3, -0.25) is 14.6 Å². The molecular formula is C18H20N10O. The SMILES string of the molecule is Cc1[nH]ncc1-c1nc(-c2cc3n(n2)CCN(C)C3=O)n(CCc2cnc[nH]2)n1. The number of hydrogen-bond acceptors (Lipinski definition) is 6. The highest BCUT2D eigenvalue weighted by molar-refractivity contribution is 5.94. The molecule has 4 aromatic rings. The second-order valence-electron chi connectivity index (χ2n) is 7.08. The minimum Gasteiger partial charge on any atom is -0.348 e. The molecule has 148 valence electrons. The highest BCUT2D eigenvalue weighted by Crippen LogP contribution is 2.25. The van der Waals surface area contributed by atoms with E-state index < -0.39 is 0 Å². The Balaban J connectivity index is 1.55. The fourth-order valence-corrected chi connectivity index (χ4v) is 3.44. The fraction of sp³-hybridized carbons (Fsp3) is 0.333. The van der Waals surface area contributed by atoms with Crippen LogP contribution in [0.4, 0.5) is 0 Å². The lowest BCUT2D eigenvalue weighted by Gasteiger charge is -2.22. The zero-order chi connectivity index (χ0) is 20.0. The number of aryl methyl sites for hydroxylation is 3. The number of likely N-dealkylation sites (N-methyl/N-ethyl adjacent to an activating group) is 1. The highest BCUT2D eigenvalue weighted by Gasteiger charge is 2.26. The quantitative estimate of drug-likeness (QED) is 0.519. The third-order valence-electron chi connectivity index (χ3n) is 5.11. The van der Waals surface area contributed by atoms with Gasteiger partial charge in [0.15, 0.2) is 11.6 Å². The molecule has 0 atom stereocenters. The smallest absolute Gasteiger partial charge is 0.271 e. The highest BCUT2D eigenvalue weighted by atomic mass is 16.2. The summed E-state index contributed by atoms with van der Waals surface area (Å²) in [6.07, 6.45) is 5.88. The Bertz CT molecular complexity index is 1170. The van der Waals surface area contributed by atoms with Crippen molar-refractivity contribution >= 4 is 5.91 Å². The van der Waals surface area contributed by atoms with Crippen molar-refractivity contribution in [1.29, 1.82) is 0 Å². The number of fused-ring (bicyclic) bond motifs is 1. The standard InChI is InChI=1S/C18H20N10O/c1-11-13(9-21-23-11)16-22-17(28(25-16)4-3-12-8-19-10-20-12)14-7-15-18(29)26(2)5-6-27(15)24-14/h7-10H,3-6H2,1-2H3,(H,19,20)(H,21,23). The Hall–Kier alpha value is -3.76. The minimum absolute atomic E-state index is 0.0376. The van der Waals surface area contributed by atoms with Crippen LogP contribution < -0.4 is 0 Å². The molecule has 5 rings (SSSR count). The molecule has 0 fully saturated rings. The monoisotopic (exact) mass is 392 g/mol. The van der Waals surface area contributed by atoms with Gasteiger partial charge in [0.1, 0.15) is 11.4 Å². The largest absolute Gasteiger partial charge is 0.348 e. The molecule has 2 N–H and O–H groups in total. The van der Waals surface area contributed by atoms with Crippen LogP contribution in [-0.4, -0.2) is 69.1 Å². The number of imidazole rings is 1. The second kappa shape index (κ2) is 6.69.